The second kappa shape index (κ2) is 17.1. The Labute approximate surface area is 239 Å². The lowest BCUT2D eigenvalue weighted by molar-refractivity contribution is -0.160. The quantitative estimate of drug-likeness (QED) is 0.156. The summed E-state index contributed by atoms with van der Waals surface area (Å²) in [5, 5.41) is 48.0. The summed E-state index contributed by atoms with van der Waals surface area (Å²) in [7, 11) is 0. The first-order chi connectivity index (χ1) is 18.3. The summed E-state index contributed by atoms with van der Waals surface area (Å²) in [6.07, 6.45) is -6.81. The van der Waals surface area contributed by atoms with Crippen molar-refractivity contribution in [1.29, 1.82) is 0 Å². The van der Waals surface area contributed by atoms with Gasteiger partial charge in [0.05, 0.1) is 19.3 Å². The highest BCUT2D eigenvalue weighted by molar-refractivity contribution is 6.30. The van der Waals surface area contributed by atoms with Gasteiger partial charge in [0.2, 0.25) is 0 Å². The summed E-state index contributed by atoms with van der Waals surface area (Å²) in [5.74, 6) is -0.730. The van der Waals surface area contributed by atoms with E-state index in [1.54, 1.807) is 0 Å². The summed E-state index contributed by atoms with van der Waals surface area (Å²) >= 11 is 6.11. The monoisotopic (exact) mass is 588 g/mol. The number of hydrogen-bond acceptors (Lipinski definition) is 10. The Morgan fingerprint density at radius 3 is 2.08 bits per heavy atom. The van der Waals surface area contributed by atoms with Gasteiger partial charge in [-0.25, -0.2) is 4.79 Å². The second-order valence-corrected chi connectivity index (χ2v) is 9.71. The van der Waals surface area contributed by atoms with Crippen LogP contribution >= 0.6 is 24.0 Å². The number of esters is 1. The van der Waals surface area contributed by atoms with Crippen LogP contribution in [-0.2, 0) is 14.3 Å². The number of piperazine rings is 1. The van der Waals surface area contributed by atoms with Gasteiger partial charge in [-0.3, -0.25) is 9.80 Å². The summed E-state index contributed by atoms with van der Waals surface area (Å²) < 4.78 is 10.3. The van der Waals surface area contributed by atoms with Gasteiger partial charge in [-0.15, -0.1) is 12.4 Å². The largest absolute Gasteiger partial charge is 0.461 e. The van der Waals surface area contributed by atoms with Crippen LogP contribution in [-0.4, -0.2) is 125 Å². The molecule has 1 aliphatic rings. The van der Waals surface area contributed by atoms with Crippen molar-refractivity contribution < 1.29 is 39.8 Å². The Balaban J connectivity index is 0.00000533. The van der Waals surface area contributed by atoms with Crippen LogP contribution in [0.5, 0.6) is 0 Å². The number of aliphatic hydroxyl groups excluding tert-OH is 5. The molecule has 5 N–H and O–H groups in total. The predicted octanol–water partition coefficient (Wildman–Crippen LogP) is 0.464. The smallest absolute Gasteiger partial charge is 0.332 e. The van der Waals surface area contributed by atoms with Gasteiger partial charge in [-0.1, -0.05) is 54.1 Å². The molecule has 1 unspecified atom stereocenters. The molecule has 12 heteroatoms. The molecule has 1 heterocycles. The molecule has 0 bridgehead atoms. The van der Waals surface area contributed by atoms with Crippen LogP contribution in [0.4, 0.5) is 0 Å². The number of halogens is 2. The van der Waals surface area contributed by atoms with Gasteiger partial charge in [-0.05, 0) is 23.3 Å². The Hall–Kier alpha value is -1.83. The summed E-state index contributed by atoms with van der Waals surface area (Å²) in [5.41, 5.74) is 2.41. The lowest BCUT2D eigenvalue weighted by Crippen LogP contribution is -2.48. The lowest BCUT2D eigenvalue weighted by Gasteiger charge is -2.39. The molecule has 1 saturated heterocycles. The third-order valence-electron chi connectivity index (χ3n) is 6.59. The molecular weight excluding hydrogens is 551 g/mol. The van der Waals surface area contributed by atoms with Gasteiger partial charge in [0.25, 0.3) is 0 Å². The zero-order valence-electron chi connectivity index (χ0n) is 21.6. The molecule has 0 aromatic heterocycles. The molecule has 0 saturated carbocycles. The average Bonchev–Trinajstić information content (AvgIpc) is 2.95. The first-order valence-electron chi connectivity index (χ1n) is 12.6. The van der Waals surface area contributed by atoms with Crippen LogP contribution in [0.25, 0.3) is 0 Å². The number of rotatable bonds is 14. The van der Waals surface area contributed by atoms with E-state index >= 15 is 0 Å². The van der Waals surface area contributed by atoms with Gasteiger partial charge >= 0.3 is 5.97 Å². The number of aliphatic hydroxyl groups is 5. The van der Waals surface area contributed by atoms with E-state index < -0.39 is 43.6 Å². The molecule has 0 amide bonds. The maximum atomic E-state index is 11.9. The van der Waals surface area contributed by atoms with E-state index in [4.69, 9.17) is 26.2 Å². The third-order valence-corrected chi connectivity index (χ3v) is 6.84. The van der Waals surface area contributed by atoms with Crippen molar-refractivity contribution in [2.24, 2.45) is 0 Å². The molecule has 5 atom stereocenters. The summed E-state index contributed by atoms with van der Waals surface area (Å²) in [6, 6.07) is 18.5. The van der Waals surface area contributed by atoms with Crippen molar-refractivity contribution in [1.82, 2.24) is 9.80 Å². The van der Waals surface area contributed by atoms with Gasteiger partial charge in [0.15, 0.2) is 0 Å². The van der Waals surface area contributed by atoms with Gasteiger partial charge in [0.1, 0.15) is 37.6 Å². The van der Waals surface area contributed by atoms with Gasteiger partial charge < -0.3 is 35.0 Å². The lowest BCUT2D eigenvalue weighted by atomic mass is 9.96. The van der Waals surface area contributed by atoms with Crippen LogP contribution in [0.1, 0.15) is 17.2 Å². The van der Waals surface area contributed by atoms with E-state index in [9.17, 15) is 25.2 Å². The van der Waals surface area contributed by atoms with Gasteiger partial charge in [0, 0.05) is 37.7 Å². The number of hydrogen-bond donors (Lipinski definition) is 5. The molecule has 2 aromatic carbocycles. The van der Waals surface area contributed by atoms with E-state index in [0.717, 1.165) is 26.2 Å². The minimum atomic E-state index is -1.79. The van der Waals surface area contributed by atoms with Crippen molar-refractivity contribution in [3.63, 3.8) is 0 Å². The molecule has 0 radical (unpaired) electrons. The van der Waals surface area contributed by atoms with Crippen molar-refractivity contribution >= 4 is 30.0 Å². The third kappa shape index (κ3) is 10.3. The van der Waals surface area contributed by atoms with E-state index in [1.807, 2.05) is 30.3 Å². The predicted molar refractivity (Wildman–Crippen MR) is 148 cm³/mol. The van der Waals surface area contributed by atoms with Crippen LogP contribution in [0.15, 0.2) is 54.6 Å². The molecule has 0 spiro atoms. The first-order valence-corrected chi connectivity index (χ1v) is 13.0. The molecule has 39 heavy (non-hydrogen) atoms. The fourth-order valence-corrected chi connectivity index (χ4v) is 4.50. The molecule has 0 aliphatic carbocycles. The van der Waals surface area contributed by atoms with Crippen molar-refractivity contribution in [3.8, 4) is 0 Å². The number of benzene rings is 2. The minimum absolute atomic E-state index is 0. The molecule has 3 rings (SSSR count). The van der Waals surface area contributed by atoms with Crippen LogP contribution in [0.2, 0.25) is 5.02 Å². The fraction of sp³-hybridized carbons (Fsp3) is 0.519. The number of carbonyl (C=O) groups is 1. The standard InChI is InChI=1S/C27H37ClN2O8.ClH/c28-21-8-6-20(7-9-21)25(19-4-2-1-3-5-19)30-12-10-29(11-13-30)14-15-37-18-24(34)38-17-23(33)27(36)26(35)22(32)16-31;/h1-9,22-23,25-27,31-33,35-36H,10-18H2;1H/t22-,23-,25?,26-,27-;/m1./s1. The highest BCUT2D eigenvalue weighted by atomic mass is 35.5. The molecule has 2 aromatic rings. The van der Waals surface area contributed by atoms with Crippen LogP contribution < -0.4 is 0 Å². The Kier molecular flexibility index (Phi) is 14.6. The maximum Gasteiger partial charge on any atom is 0.332 e. The van der Waals surface area contributed by atoms with E-state index in [-0.39, 0.29) is 25.1 Å². The maximum absolute atomic E-state index is 11.9. The van der Waals surface area contributed by atoms with E-state index in [2.05, 4.69) is 34.1 Å². The second-order valence-electron chi connectivity index (χ2n) is 9.28. The van der Waals surface area contributed by atoms with Crippen molar-refractivity contribution in [3.05, 3.63) is 70.7 Å². The Bertz CT molecular complexity index is 964. The Morgan fingerprint density at radius 2 is 1.46 bits per heavy atom. The minimum Gasteiger partial charge on any atom is -0.461 e. The zero-order valence-corrected chi connectivity index (χ0v) is 23.2. The number of nitrogens with zero attached hydrogens (tertiary/aromatic N) is 2. The van der Waals surface area contributed by atoms with Gasteiger partial charge in [-0.2, -0.15) is 0 Å². The summed E-state index contributed by atoms with van der Waals surface area (Å²) in [6.45, 7) is 2.68. The first kappa shape index (κ1) is 33.4. The highest BCUT2D eigenvalue weighted by Crippen LogP contribution is 2.30. The normalized spacial score (nSPS) is 18.4. The van der Waals surface area contributed by atoms with Crippen LogP contribution in [0, 0.1) is 0 Å². The molecule has 1 aliphatic heterocycles. The molecule has 218 valence electrons. The van der Waals surface area contributed by atoms with Crippen molar-refractivity contribution in [2.45, 2.75) is 30.5 Å². The van der Waals surface area contributed by atoms with E-state index in [0.29, 0.717) is 18.2 Å². The molecule has 1 fully saturated rings. The molecular formula is C27H38Cl2N2O8. The van der Waals surface area contributed by atoms with Crippen LogP contribution in [0.3, 0.4) is 0 Å². The zero-order chi connectivity index (χ0) is 27.5. The topological polar surface area (TPSA) is 143 Å². The summed E-state index contributed by atoms with van der Waals surface area (Å²) in [4.78, 5) is 16.6. The number of ether oxygens (including phenoxy) is 2. The van der Waals surface area contributed by atoms with E-state index in [1.165, 1.54) is 11.1 Å². The fourth-order valence-electron chi connectivity index (χ4n) is 4.37. The SMILES string of the molecule is Cl.O=C(COCCN1CCN(C(c2ccccc2)c2ccc(Cl)cc2)CC1)OC[C@@H](O)[C@@H](O)[C@H](O)[C@H](O)CO. The average molecular weight is 590 g/mol. The highest BCUT2D eigenvalue weighted by Gasteiger charge is 2.31. The molecule has 10 nitrogen and oxygen atoms in total. The van der Waals surface area contributed by atoms with Crippen molar-refractivity contribution in [2.75, 3.05) is 59.2 Å². The number of carbonyl (C=O) groups excluding carboxylic acids is 1. The Morgan fingerprint density at radius 1 is 0.872 bits per heavy atom.